The Morgan fingerprint density at radius 2 is 2.05 bits per heavy atom. The average Bonchev–Trinajstić information content (AvgIpc) is 2.59. The van der Waals surface area contributed by atoms with Crippen molar-refractivity contribution in [1.82, 2.24) is 0 Å². The molecule has 0 radical (unpaired) electrons. The number of aryl methyl sites for hydroxylation is 1. The minimum atomic E-state index is -0.312. The quantitative estimate of drug-likeness (QED) is 0.881. The number of ether oxygens (including phenoxy) is 2. The van der Waals surface area contributed by atoms with E-state index in [9.17, 15) is 4.79 Å². The summed E-state index contributed by atoms with van der Waals surface area (Å²) in [5.41, 5.74) is 8.21. The lowest BCUT2D eigenvalue weighted by Gasteiger charge is -2.25. The molecule has 114 valence electrons. The number of hydrogen-bond acceptors (Lipinski definition) is 4. The average molecular weight is 297 g/mol. The fourth-order valence-corrected chi connectivity index (χ4v) is 2.54. The van der Waals surface area contributed by atoms with E-state index in [1.165, 1.54) is 0 Å². The topological polar surface area (TPSA) is 61.6 Å². The number of benzene rings is 2. The Kier molecular flexibility index (Phi) is 4.39. The molecule has 1 aliphatic rings. The van der Waals surface area contributed by atoms with Crippen LogP contribution < -0.4 is 10.5 Å². The summed E-state index contributed by atoms with van der Waals surface area (Å²) >= 11 is 0. The first-order valence-corrected chi connectivity index (χ1v) is 7.47. The van der Waals surface area contributed by atoms with E-state index in [1.54, 1.807) is 6.07 Å². The van der Waals surface area contributed by atoms with Gasteiger partial charge in [0.1, 0.15) is 18.5 Å². The van der Waals surface area contributed by atoms with Crippen molar-refractivity contribution >= 4 is 5.97 Å². The van der Waals surface area contributed by atoms with Crippen LogP contribution in [0.5, 0.6) is 5.75 Å². The van der Waals surface area contributed by atoms with E-state index in [-0.39, 0.29) is 18.7 Å². The SMILES string of the molecule is NCC1CCc2cc(C(=O)OCc3ccccc3)ccc2O1. The van der Waals surface area contributed by atoms with Gasteiger partial charge in [-0.1, -0.05) is 30.3 Å². The molecule has 1 unspecified atom stereocenters. The summed E-state index contributed by atoms with van der Waals surface area (Å²) in [7, 11) is 0. The van der Waals surface area contributed by atoms with Crippen molar-refractivity contribution in [2.24, 2.45) is 5.73 Å². The molecule has 0 amide bonds. The van der Waals surface area contributed by atoms with Crippen LogP contribution in [0.3, 0.4) is 0 Å². The van der Waals surface area contributed by atoms with Crippen molar-refractivity contribution in [2.45, 2.75) is 25.6 Å². The molecule has 1 heterocycles. The Hall–Kier alpha value is -2.33. The molecule has 0 saturated carbocycles. The van der Waals surface area contributed by atoms with Gasteiger partial charge in [0.15, 0.2) is 0 Å². The van der Waals surface area contributed by atoms with Gasteiger partial charge in [-0.3, -0.25) is 0 Å². The van der Waals surface area contributed by atoms with Crippen molar-refractivity contribution in [3.05, 3.63) is 65.2 Å². The van der Waals surface area contributed by atoms with Crippen LogP contribution in [-0.2, 0) is 17.8 Å². The number of hydrogen-bond donors (Lipinski definition) is 1. The van der Waals surface area contributed by atoms with Gasteiger partial charge in [-0.25, -0.2) is 4.79 Å². The van der Waals surface area contributed by atoms with Crippen LogP contribution in [0, 0.1) is 0 Å². The Morgan fingerprint density at radius 3 is 2.82 bits per heavy atom. The van der Waals surface area contributed by atoms with Crippen molar-refractivity contribution in [1.29, 1.82) is 0 Å². The van der Waals surface area contributed by atoms with E-state index in [0.29, 0.717) is 12.1 Å². The molecular formula is C18H19NO3. The van der Waals surface area contributed by atoms with Crippen LogP contribution in [-0.4, -0.2) is 18.6 Å². The molecule has 0 aliphatic carbocycles. The zero-order chi connectivity index (χ0) is 15.4. The van der Waals surface area contributed by atoms with Crippen molar-refractivity contribution in [3.8, 4) is 5.75 Å². The van der Waals surface area contributed by atoms with Crippen LogP contribution in [0.2, 0.25) is 0 Å². The normalized spacial score (nSPS) is 16.5. The summed E-state index contributed by atoms with van der Waals surface area (Å²) in [5.74, 6) is 0.508. The largest absolute Gasteiger partial charge is 0.489 e. The highest BCUT2D eigenvalue weighted by atomic mass is 16.5. The van der Waals surface area contributed by atoms with Gasteiger partial charge in [-0.05, 0) is 42.2 Å². The molecule has 4 nitrogen and oxygen atoms in total. The maximum atomic E-state index is 12.1. The first-order valence-electron chi connectivity index (χ1n) is 7.47. The Balaban J connectivity index is 1.66. The van der Waals surface area contributed by atoms with E-state index in [4.69, 9.17) is 15.2 Å². The monoisotopic (exact) mass is 297 g/mol. The maximum absolute atomic E-state index is 12.1. The van der Waals surface area contributed by atoms with Crippen molar-refractivity contribution in [3.63, 3.8) is 0 Å². The third kappa shape index (κ3) is 3.28. The highest BCUT2D eigenvalue weighted by Gasteiger charge is 2.20. The molecule has 0 aromatic heterocycles. The molecular weight excluding hydrogens is 278 g/mol. The van der Waals surface area contributed by atoms with Crippen LogP contribution in [0.1, 0.15) is 27.9 Å². The summed E-state index contributed by atoms with van der Waals surface area (Å²) in [6.45, 7) is 0.794. The molecule has 2 aromatic carbocycles. The summed E-state index contributed by atoms with van der Waals surface area (Å²) in [6.07, 6.45) is 1.83. The molecule has 2 N–H and O–H groups in total. The maximum Gasteiger partial charge on any atom is 0.338 e. The second-order valence-corrected chi connectivity index (χ2v) is 5.40. The molecule has 0 fully saturated rings. The standard InChI is InChI=1S/C18H19NO3/c19-11-16-8-6-14-10-15(7-9-17(14)22-16)18(20)21-12-13-4-2-1-3-5-13/h1-5,7,9-10,16H,6,8,11-12,19H2. The van der Waals surface area contributed by atoms with E-state index < -0.39 is 0 Å². The minimum absolute atomic E-state index is 0.0726. The van der Waals surface area contributed by atoms with Gasteiger partial charge in [-0.2, -0.15) is 0 Å². The second-order valence-electron chi connectivity index (χ2n) is 5.40. The summed E-state index contributed by atoms with van der Waals surface area (Å²) in [4.78, 5) is 12.1. The molecule has 22 heavy (non-hydrogen) atoms. The third-order valence-corrected chi connectivity index (χ3v) is 3.80. The van der Waals surface area contributed by atoms with Crippen molar-refractivity contribution < 1.29 is 14.3 Å². The predicted octanol–water partition coefficient (Wildman–Crippen LogP) is 2.70. The summed E-state index contributed by atoms with van der Waals surface area (Å²) < 4.78 is 11.1. The van der Waals surface area contributed by atoms with Gasteiger partial charge in [0.05, 0.1) is 5.56 Å². The van der Waals surface area contributed by atoms with Crippen LogP contribution in [0.25, 0.3) is 0 Å². The van der Waals surface area contributed by atoms with Gasteiger partial charge in [0, 0.05) is 6.54 Å². The van der Waals surface area contributed by atoms with E-state index in [1.807, 2.05) is 42.5 Å². The number of carbonyl (C=O) groups excluding carboxylic acids is 1. The first-order chi connectivity index (χ1) is 10.8. The summed E-state index contributed by atoms with van der Waals surface area (Å²) in [6, 6.07) is 15.1. The van der Waals surface area contributed by atoms with E-state index in [0.717, 1.165) is 29.7 Å². The molecule has 1 atom stereocenters. The van der Waals surface area contributed by atoms with Crippen molar-refractivity contribution in [2.75, 3.05) is 6.54 Å². The second kappa shape index (κ2) is 6.62. The Labute approximate surface area is 129 Å². The van der Waals surface area contributed by atoms with Gasteiger partial charge < -0.3 is 15.2 Å². The van der Waals surface area contributed by atoms with Crippen LogP contribution in [0.4, 0.5) is 0 Å². The predicted molar refractivity (Wildman–Crippen MR) is 83.8 cm³/mol. The van der Waals surface area contributed by atoms with E-state index >= 15 is 0 Å². The van der Waals surface area contributed by atoms with Gasteiger partial charge in [0.25, 0.3) is 0 Å². The lowest BCUT2D eigenvalue weighted by molar-refractivity contribution is 0.0472. The number of esters is 1. The zero-order valence-corrected chi connectivity index (χ0v) is 12.3. The lowest BCUT2D eigenvalue weighted by Crippen LogP contribution is -2.30. The fourth-order valence-electron chi connectivity index (χ4n) is 2.54. The van der Waals surface area contributed by atoms with Crippen LogP contribution >= 0.6 is 0 Å². The van der Waals surface area contributed by atoms with Crippen LogP contribution in [0.15, 0.2) is 48.5 Å². The molecule has 4 heteroatoms. The van der Waals surface area contributed by atoms with Gasteiger partial charge >= 0.3 is 5.97 Å². The highest BCUT2D eigenvalue weighted by molar-refractivity contribution is 5.89. The molecule has 0 spiro atoms. The van der Waals surface area contributed by atoms with Gasteiger partial charge in [-0.15, -0.1) is 0 Å². The molecule has 0 bridgehead atoms. The minimum Gasteiger partial charge on any atom is -0.489 e. The molecule has 1 aliphatic heterocycles. The number of rotatable bonds is 4. The highest BCUT2D eigenvalue weighted by Crippen LogP contribution is 2.28. The zero-order valence-electron chi connectivity index (χ0n) is 12.3. The fraction of sp³-hybridized carbons (Fsp3) is 0.278. The first kappa shape index (κ1) is 14.6. The molecule has 2 aromatic rings. The van der Waals surface area contributed by atoms with Gasteiger partial charge in [0.2, 0.25) is 0 Å². The third-order valence-electron chi connectivity index (χ3n) is 3.80. The Bertz CT molecular complexity index is 655. The number of nitrogens with two attached hydrogens (primary N) is 1. The Morgan fingerprint density at radius 1 is 1.23 bits per heavy atom. The smallest absolute Gasteiger partial charge is 0.338 e. The lowest BCUT2D eigenvalue weighted by atomic mass is 10.00. The summed E-state index contributed by atoms with van der Waals surface area (Å²) in [5, 5.41) is 0. The van der Waals surface area contributed by atoms with E-state index in [2.05, 4.69) is 0 Å². The number of carbonyl (C=O) groups is 1. The molecule has 0 saturated heterocycles. The molecule has 3 rings (SSSR count). The number of fused-ring (bicyclic) bond motifs is 1.